The number of ether oxygens (including phenoxy) is 1. The van der Waals surface area contributed by atoms with Crippen molar-refractivity contribution in [3.8, 4) is 5.75 Å². The highest BCUT2D eigenvalue weighted by Gasteiger charge is 2.01. The SMILES string of the molecule is COc1ccc(SCCC(=O)N=O)cc1. The molecule has 1 aromatic rings. The van der Waals surface area contributed by atoms with Crippen LogP contribution in [0.15, 0.2) is 34.3 Å². The van der Waals surface area contributed by atoms with Crippen molar-refractivity contribution in [1.82, 2.24) is 0 Å². The van der Waals surface area contributed by atoms with Crippen LogP contribution in [0.2, 0.25) is 0 Å². The standard InChI is InChI=1S/C10H11NO3S/c1-14-8-2-4-9(5-3-8)15-7-6-10(12)11-13/h2-5H,6-7H2,1H3. The van der Waals surface area contributed by atoms with Crippen LogP contribution < -0.4 is 4.74 Å². The lowest BCUT2D eigenvalue weighted by molar-refractivity contribution is -0.117. The molecule has 0 spiro atoms. The topological polar surface area (TPSA) is 55.7 Å². The van der Waals surface area contributed by atoms with Crippen molar-refractivity contribution in [1.29, 1.82) is 0 Å². The van der Waals surface area contributed by atoms with Gasteiger partial charge in [-0.05, 0) is 24.3 Å². The van der Waals surface area contributed by atoms with Crippen LogP contribution in [-0.2, 0) is 4.79 Å². The summed E-state index contributed by atoms with van der Waals surface area (Å²) in [4.78, 5) is 21.4. The third-order valence-electron chi connectivity index (χ3n) is 1.75. The lowest BCUT2D eigenvalue weighted by atomic mass is 10.3. The molecule has 0 aliphatic heterocycles. The second kappa shape index (κ2) is 6.19. The molecule has 0 N–H and O–H groups in total. The van der Waals surface area contributed by atoms with E-state index in [2.05, 4.69) is 5.18 Å². The number of nitroso groups, excluding NO2 is 1. The first-order valence-corrected chi connectivity index (χ1v) is 5.38. The Balaban J connectivity index is 2.37. The van der Waals surface area contributed by atoms with Gasteiger partial charge >= 0.3 is 0 Å². The van der Waals surface area contributed by atoms with Crippen LogP contribution >= 0.6 is 11.8 Å². The van der Waals surface area contributed by atoms with E-state index in [9.17, 15) is 9.70 Å². The summed E-state index contributed by atoms with van der Waals surface area (Å²) < 4.78 is 5.01. The van der Waals surface area contributed by atoms with Gasteiger partial charge in [0.25, 0.3) is 5.91 Å². The minimum Gasteiger partial charge on any atom is -0.497 e. The van der Waals surface area contributed by atoms with Crippen molar-refractivity contribution >= 4 is 17.7 Å². The average Bonchev–Trinajstić information content (AvgIpc) is 2.29. The van der Waals surface area contributed by atoms with Crippen LogP contribution in [0.25, 0.3) is 0 Å². The van der Waals surface area contributed by atoms with Crippen LogP contribution in [0, 0.1) is 4.91 Å². The molecule has 0 aromatic heterocycles. The molecule has 0 fully saturated rings. The Hall–Kier alpha value is -1.36. The Morgan fingerprint density at radius 2 is 2.07 bits per heavy atom. The van der Waals surface area contributed by atoms with Crippen LogP contribution in [-0.4, -0.2) is 18.8 Å². The summed E-state index contributed by atoms with van der Waals surface area (Å²) in [5, 5.41) is 2.32. The molecule has 1 rings (SSSR count). The monoisotopic (exact) mass is 225 g/mol. The molecule has 0 unspecified atom stereocenters. The van der Waals surface area contributed by atoms with E-state index in [1.165, 1.54) is 11.8 Å². The van der Waals surface area contributed by atoms with Gasteiger partial charge in [0.1, 0.15) is 5.75 Å². The van der Waals surface area contributed by atoms with Crippen molar-refractivity contribution in [2.45, 2.75) is 11.3 Å². The van der Waals surface area contributed by atoms with E-state index in [1.807, 2.05) is 24.3 Å². The number of hydrogen-bond donors (Lipinski definition) is 0. The number of methoxy groups -OCH3 is 1. The van der Waals surface area contributed by atoms with E-state index in [4.69, 9.17) is 4.74 Å². The van der Waals surface area contributed by atoms with Gasteiger partial charge in [0.2, 0.25) is 0 Å². The predicted octanol–water partition coefficient (Wildman–Crippen LogP) is 2.47. The third-order valence-corrected chi connectivity index (χ3v) is 2.76. The minimum absolute atomic E-state index is 0.181. The van der Waals surface area contributed by atoms with Gasteiger partial charge in [0, 0.05) is 22.2 Å². The predicted molar refractivity (Wildman–Crippen MR) is 59.1 cm³/mol. The fraction of sp³-hybridized carbons (Fsp3) is 0.300. The molecular formula is C10H11NO3S. The summed E-state index contributed by atoms with van der Waals surface area (Å²) in [6, 6.07) is 7.51. The van der Waals surface area contributed by atoms with E-state index in [-0.39, 0.29) is 6.42 Å². The smallest absolute Gasteiger partial charge is 0.287 e. The van der Waals surface area contributed by atoms with Crippen molar-refractivity contribution < 1.29 is 9.53 Å². The van der Waals surface area contributed by atoms with Gasteiger partial charge in [-0.25, -0.2) is 0 Å². The molecule has 0 aliphatic rings. The van der Waals surface area contributed by atoms with E-state index in [1.54, 1.807) is 7.11 Å². The number of thioether (sulfide) groups is 1. The van der Waals surface area contributed by atoms with Crippen LogP contribution in [0.1, 0.15) is 6.42 Å². The molecule has 0 radical (unpaired) electrons. The summed E-state index contributed by atoms with van der Waals surface area (Å²) in [7, 11) is 1.61. The van der Waals surface area contributed by atoms with Gasteiger partial charge in [0.15, 0.2) is 0 Å². The van der Waals surface area contributed by atoms with Crippen LogP contribution in [0.5, 0.6) is 5.75 Å². The minimum atomic E-state index is -0.601. The van der Waals surface area contributed by atoms with E-state index < -0.39 is 5.91 Å². The number of rotatable bonds is 5. The number of carbonyl (C=O) groups is 1. The molecule has 0 atom stereocenters. The van der Waals surface area contributed by atoms with Gasteiger partial charge in [-0.2, -0.15) is 0 Å². The maximum atomic E-state index is 10.6. The zero-order chi connectivity index (χ0) is 11.1. The largest absolute Gasteiger partial charge is 0.497 e. The number of amides is 1. The Labute approximate surface area is 92.0 Å². The van der Waals surface area contributed by atoms with Crippen molar-refractivity contribution in [2.75, 3.05) is 12.9 Å². The first-order chi connectivity index (χ1) is 7.26. The summed E-state index contributed by atoms with van der Waals surface area (Å²) in [6.07, 6.45) is 0.181. The van der Waals surface area contributed by atoms with Gasteiger partial charge in [-0.15, -0.1) is 16.7 Å². The summed E-state index contributed by atoms with van der Waals surface area (Å²) in [5.41, 5.74) is 0. The molecule has 0 saturated heterocycles. The fourth-order valence-electron chi connectivity index (χ4n) is 0.974. The van der Waals surface area contributed by atoms with E-state index in [0.29, 0.717) is 5.75 Å². The molecule has 0 heterocycles. The van der Waals surface area contributed by atoms with Gasteiger partial charge in [-0.3, -0.25) is 4.79 Å². The summed E-state index contributed by atoms with van der Waals surface area (Å²) in [5.74, 6) is 0.762. The Morgan fingerprint density at radius 3 is 2.60 bits per heavy atom. The van der Waals surface area contributed by atoms with Crippen LogP contribution in [0.3, 0.4) is 0 Å². The van der Waals surface area contributed by atoms with E-state index >= 15 is 0 Å². The molecule has 1 aromatic carbocycles. The van der Waals surface area contributed by atoms with Crippen LogP contribution in [0.4, 0.5) is 0 Å². The second-order valence-electron chi connectivity index (χ2n) is 2.76. The second-order valence-corrected chi connectivity index (χ2v) is 3.93. The Morgan fingerprint density at radius 1 is 1.40 bits per heavy atom. The third kappa shape index (κ3) is 4.12. The van der Waals surface area contributed by atoms with Gasteiger partial charge in [-0.1, -0.05) is 0 Å². The number of carbonyl (C=O) groups excluding carboxylic acids is 1. The average molecular weight is 225 g/mol. The lowest BCUT2D eigenvalue weighted by Crippen LogP contribution is -1.93. The molecule has 4 nitrogen and oxygen atoms in total. The molecule has 15 heavy (non-hydrogen) atoms. The van der Waals surface area contributed by atoms with E-state index in [0.717, 1.165) is 10.6 Å². The summed E-state index contributed by atoms with van der Waals surface area (Å²) >= 11 is 1.51. The number of hydrogen-bond acceptors (Lipinski definition) is 4. The zero-order valence-corrected chi connectivity index (χ0v) is 9.12. The Kier molecular flexibility index (Phi) is 4.83. The molecule has 0 saturated carbocycles. The van der Waals surface area contributed by atoms with Gasteiger partial charge < -0.3 is 4.74 Å². The quantitative estimate of drug-likeness (QED) is 0.570. The maximum Gasteiger partial charge on any atom is 0.287 e. The summed E-state index contributed by atoms with van der Waals surface area (Å²) in [6.45, 7) is 0. The molecule has 1 amide bonds. The highest BCUT2D eigenvalue weighted by molar-refractivity contribution is 7.99. The first-order valence-electron chi connectivity index (χ1n) is 4.39. The fourth-order valence-corrected chi connectivity index (χ4v) is 1.81. The zero-order valence-electron chi connectivity index (χ0n) is 8.30. The van der Waals surface area contributed by atoms with Gasteiger partial charge in [0.05, 0.1) is 7.11 Å². The molecule has 0 bridgehead atoms. The maximum absolute atomic E-state index is 10.6. The van der Waals surface area contributed by atoms with Crippen molar-refractivity contribution in [3.05, 3.63) is 29.2 Å². The first kappa shape index (κ1) is 11.7. The highest BCUT2D eigenvalue weighted by atomic mass is 32.2. The number of nitrogens with zero attached hydrogens (tertiary/aromatic N) is 1. The molecular weight excluding hydrogens is 214 g/mol. The lowest BCUT2D eigenvalue weighted by Gasteiger charge is -2.01. The van der Waals surface area contributed by atoms with Crippen molar-refractivity contribution in [3.63, 3.8) is 0 Å². The highest BCUT2D eigenvalue weighted by Crippen LogP contribution is 2.21. The number of benzene rings is 1. The molecule has 0 aliphatic carbocycles. The molecule has 5 heteroatoms. The van der Waals surface area contributed by atoms with Crippen molar-refractivity contribution in [2.24, 2.45) is 5.18 Å². The Bertz CT molecular complexity index is 337. The molecule has 80 valence electrons. The normalized spacial score (nSPS) is 9.67.